The molecule has 1 atom stereocenters. The zero-order chi connectivity index (χ0) is 10.7. The van der Waals surface area contributed by atoms with Crippen LogP contribution in [0.1, 0.15) is 0 Å². The Kier molecular flexibility index (Phi) is 2.62. The van der Waals surface area contributed by atoms with Gasteiger partial charge in [0, 0.05) is 0 Å². The first-order valence-corrected chi connectivity index (χ1v) is 4.62. The number of anilines is 1. The van der Waals surface area contributed by atoms with Crippen molar-refractivity contribution in [2.75, 3.05) is 18.7 Å². The van der Waals surface area contributed by atoms with Crippen LogP contribution in [-0.4, -0.2) is 25.7 Å². The predicted octanol–water partition coefficient (Wildman–Crippen LogP) is 1.42. The first-order chi connectivity index (χ1) is 7.31. The molecule has 1 aromatic rings. The summed E-state index contributed by atoms with van der Waals surface area (Å²) in [5.41, 5.74) is 0.924. The highest BCUT2D eigenvalue weighted by molar-refractivity contribution is 5.77. The van der Waals surface area contributed by atoms with Gasteiger partial charge in [-0.15, -0.1) is 0 Å². The van der Waals surface area contributed by atoms with Crippen LogP contribution in [0, 0.1) is 0 Å². The monoisotopic (exact) mass is 205 g/mol. The van der Waals surface area contributed by atoms with E-state index in [1.54, 1.807) is 5.01 Å². The summed E-state index contributed by atoms with van der Waals surface area (Å²) in [4.78, 5) is 11.2. The Morgan fingerprint density at radius 2 is 2.20 bits per heavy atom. The SMILES string of the molecule is COC(=O)C1CN(c2ccccc2)N=N1. The highest BCUT2D eigenvalue weighted by atomic mass is 16.5. The summed E-state index contributed by atoms with van der Waals surface area (Å²) in [6.07, 6.45) is 0. The lowest BCUT2D eigenvalue weighted by atomic mass is 10.3. The molecule has 0 aliphatic carbocycles. The van der Waals surface area contributed by atoms with Crippen molar-refractivity contribution >= 4 is 11.7 Å². The topological polar surface area (TPSA) is 54.3 Å². The van der Waals surface area contributed by atoms with Gasteiger partial charge in [-0.25, -0.2) is 9.80 Å². The van der Waals surface area contributed by atoms with E-state index in [1.165, 1.54) is 7.11 Å². The number of para-hydroxylation sites is 1. The molecule has 0 saturated carbocycles. The number of nitrogens with zero attached hydrogens (tertiary/aromatic N) is 3. The van der Waals surface area contributed by atoms with Crippen molar-refractivity contribution in [1.82, 2.24) is 0 Å². The average molecular weight is 205 g/mol. The standard InChI is InChI=1S/C10H11N3O2/c1-15-10(14)9-7-13(12-11-9)8-5-3-2-4-6-8/h2-6,9H,7H2,1H3. The Hall–Kier alpha value is -1.91. The van der Waals surface area contributed by atoms with E-state index in [1.807, 2.05) is 30.3 Å². The van der Waals surface area contributed by atoms with Crippen molar-refractivity contribution in [2.45, 2.75) is 6.04 Å². The molecule has 0 bridgehead atoms. The molecule has 1 aromatic carbocycles. The molecule has 0 amide bonds. The number of carbonyl (C=O) groups excluding carboxylic acids is 1. The Labute approximate surface area is 87.3 Å². The van der Waals surface area contributed by atoms with Gasteiger partial charge >= 0.3 is 5.97 Å². The molecule has 1 aliphatic rings. The van der Waals surface area contributed by atoms with E-state index in [2.05, 4.69) is 15.1 Å². The van der Waals surface area contributed by atoms with Crippen LogP contribution in [0.2, 0.25) is 0 Å². The zero-order valence-corrected chi connectivity index (χ0v) is 8.33. The molecule has 2 rings (SSSR count). The quantitative estimate of drug-likeness (QED) is 0.686. The number of rotatable bonds is 2. The first-order valence-electron chi connectivity index (χ1n) is 4.62. The van der Waals surface area contributed by atoms with Gasteiger partial charge in [0.2, 0.25) is 0 Å². The molecule has 0 fully saturated rings. The van der Waals surface area contributed by atoms with Crippen LogP contribution >= 0.6 is 0 Å². The summed E-state index contributed by atoms with van der Waals surface area (Å²) in [6.45, 7) is 0.441. The molecular formula is C10H11N3O2. The zero-order valence-electron chi connectivity index (χ0n) is 8.33. The van der Waals surface area contributed by atoms with Crippen LogP contribution in [0.5, 0.6) is 0 Å². The molecule has 0 saturated heterocycles. The fourth-order valence-electron chi connectivity index (χ4n) is 1.38. The third-order valence-electron chi connectivity index (χ3n) is 2.17. The molecule has 15 heavy (non-hydrogen) atoms. The van der Waals surface area contributed by atoms with Gasteiger partial charge in [-0.2, -0.15) is 5.11 Å². The minimum absolute atomic E-state index is 0.350. The number of ether oxygens (including phenoxy) is 1. The Morgan fingerprint density at radius 1 is 1.47 bits per heavy atom. The minimum atomic E-state index is -0.504. The third-order valence-corrected chi connectivity index (χ3v) is 2.17. The second-order valence-electron chi connectivity index (χ2n) is 3.16. The normalized spacial score (nSPS) is 19.3. The molecule has 0 aromatic heterocycles. The summed E-state index contributed by atoms with van der Waals surface area (Å²) in [5.74, 6) is -0.350. The van der Waals surface area contributed by atoms with Crippen molar-refractivity contribution in [2.24, 2.45) is 10.3 Å². The van der Waals surface area contributed by atoms with Crippen LogP contribution in [0.3, 0.4) is 0 Å². The number of benzene rings is 1. The fourth-order valence-corrected chi connectivity index (χ4v) is 1.38. The van der Waals surface area contributed by atoms with E-state index in [0.717, 1.165) is 5.69 Å². The lowest BCUT2D eigenvalue weighted by Gasteiger charge is -2.12. The molecule has 78 valence electrons. The minimum Gasteiger partial charge on any atom is -0.467 e. The number of hydrogen-bond acceptors (Lipinski definition) is 5. The van der Waals surface area contributed by atoms with E-state index in [-0.39, 0.29) is 5.97 Å². The van der Waals surface area contributed by atoms with Crippen LogP contribution in [0.4, 0.5) is 5.69 Å². The molecule has 1 heterocycles. The van der Waals surface area contributed by atoms with Crippen LogP contribution < -0.4 is 5.01 Å². The van der Waals surface area contributed by atoms with Gasteiger partial charge in [0.1, 0.15) is 0 Å². The summed E-state index contributed by atoms with van der Waals surface area (Å²) < 4.78 is 4.60. The predicted molar refractivity (Wildman–Crippen MR) is 54.4 cm³/mol. The largest absolute Gasteiger partial charge is 0.467 e. The maximum absolute atomic E-state index is 11.2. The van der Waals surface area contributed by atoms with Gasteiger partial charge in [0.15, 0.2) is 6.04 Å². The summed E-state index contributed by atoms with van der Waals surface area (Å²) in [6, 6.07) is 9.08. The highest BCUT2D eigenvalue weighted by Gasteiger charge is 2.27. The van der Waals surface area contributed by atoms with Gasteiger partial charge in [-0.3, -0.25) is 0 Å². The number of esters is 1. The fraction of sp³-hybridized carbons (Fsp3) is 0.300. The molecule has 0 N–H and O–H groups in total. The third kappa shape index (κ3) is 1.96. The highest BCUT2D eigenvalue weighted by Crippen LogP contribution is 2.19. The van der Waals surface area contributed by atoms with E-state index in [0.29, 0.717) is 6.54 Å². The Balaban J connectivity index is 2.06. The van der Waals surface area contributed by atoms with E-state index in [4.69, 9.17) is 0 Å². The molecule has 5 heteroatoms. The van der Waals surface area contributed by atoms with Crippen LogP contribution in [-0.2, 0) is 9.53 Å². The second kappa shape index (κ2) is 4.08. The molecule has 1 unspecified atom stereocenters. The number of carbonyl (C=O) groups is 1. The lowest BCUT2D eigenvalue weighted by Crippen LogP contribution is -2.27. The van der Waals surface area contributed by atoms with E-state index < -0.39 is 6.04 Å². The van der Waals surface area contributed by atoms with Crippen molar-refractivity contribution in [3.05, 3.63) is 30.3 Å². The molecule has 0 radical (unpaired) electrons. The maximum atomic E-state index is 11.2. The summed E-state index contributed by atoms with van der Waals surface area (Å²) in [5, 5.41) is 9.44. The Bertz CT molecular complexity index is 378. The van der Waals surface area contributed by atoms with Gasteiger partial charge in [-0.05, 0) is 12.1 Å². The van der Waals surface area contributed by atoms with Crippen LogP contribution in [0.25, 0.3) is 0 Å². The molecule has 0 spiro atoms. The lowest BCUT2D eigenvalue weighted by molar-refractivity contribution is -0.141. The molecular weight excluding hydrogens is 194 g/mol. The van der Waals surface area contributed by atoms with Gasteiger partial charge in [0.05, 0.1) is 19.3 Å². The molecule has 1 aliphatic heterocycles. The van der Waals surface area contributed by atoms with Crippen LogP contribution in [0.15, 0.2) is 40.7 Å². The summed E-state index contributed by atoms with van der Waals surface area (Å²) in [7, 11) is 1.35. The smallest absolute Gasteiger partial charge is 0.334 e. The first kappa shape index (κ1) is 9.64. The van der Waals surface area contributed by atoms with E-state index in [9.17, 15) is 4.79 Å². The number of methoxy groups -OCH3 is 1. The average Bonchev–Trinajstić information content (AvgIpc) is 2.78. The van der Waals surface area contributed by atoms with Crippen molar-refractivity contribution in [1.29, 1.82) is 0 Å². The van der Waals surface area contributed by atoms with Gasteiger partial charge < -0.3 is 4.74 Å². The van der Waals surface area contributed by atoms with Gasteiger partial charge in [0.25, 0.3) is 0 Å². The van der Waals surface area contributed by atoms with E-state index >= 15 is 0 Å². The van der Waals surface area contributed by atoms with Crippen molar-refractivity contribution in [3.8, 4) is 0 Å². The maximum Gasteiger partial charge on any atom is 0.334 e. The molecule has 5 nitrogen and oxygen atoms in total. The summed E-state index contributed by atoms with van der Waals surface area (Å²) >= 11 is 0. The number of hydrogen-bond donors (Lipinski definition) is 0. The van der Waals surface area contributed by atoms with Crippen molar-refractivity contribution in [3.63, 3.8) is 0 Å². The van der Waals surface area contributed by atoms with Crippen molar-refractivity contribution < 1.29 is 9.53 Å². The Morgan fingerprint density at radius 3 is 2.87 bits per heavy atom. The van der Waals surface area contributed by atoms with Gasteiger partial charge in [-0.1, -0.05) is 23.4 Å². The second-order valence-corrected chi connectivity index (χ2v) is 3.16.